The SMILES string of the molecule is Cc1ccc(C2SCCN2C(=O)C(C)Oc2ccccc2)cc1. The van der Waals surface area contributed by atoms with Gasteiger partial charge < -0.3 is 9.64 Å². The molecule has 1 fully saturated rings. The molecule has 3 rings (SSSR count). The third-order valence-corrected chi connectivity index (χ3v) is 5.20. The Morgan fingerprint density at radius 3 is 2.57 bits per heavy atom. The summed E-state index contributed by atoms with van der Waals surface area (Å²) in [6.07, 6.45) is -0.482. The van der Waals surface area contributed by atoms with Crippen LogP contribution < -0.4 is 4.74 Å². The number of para-hydroxylation sites is 1. The number of thioether (sulfide) groups is 1. The summed E-state index contributed by atoms with van der Waals surface area (Å²) in [7, 11) is 0. The molecule has 1 aliphatic heterocycles. The van der Waals surface area contributed by atoms with Crippen molar-refractivity contribution < 1.29 is 9.53 Å². The zero-order valence-corrected chi connectivity index (χ0v) is 14.3. The van der Waals surface area contributed by atoms with E-state index in [0.29, 0.717) is 0 Å². The van der Waals surface area contributed by atoms with Gasteiger partial charge in [0, 0.05) is 12.3 Å². The van der Waals surface area contributed by atoms with E-state index >= 15 is 0 Å². The first-order valence-electron chi connectivity index (χ1n) is 7.85. The maximum absolute atomic E-state index is 12.8. The molecule has 2 aromatic carbocycles. The van der Waals surface area contributed by atoms with E-state index in [0.717, 1.165) is 18.0 Å². The van der Waals surface area contributed by atoms with Crippen LogP contribution in [0.25, 0.3) is 0 Å². The third kappa shape index (κ3) is 3.70. The van der Waals surface area contributed by atoms with Crippen LogP contribution >= 0.6 is 11.8 Å². The Bertz CT molecular complexity index is 657. The van der Waals surface area contributed by atoms with E-state index in [1.807, 2.05) is 53.9 Å². The number of hydrogen-bond acceptors (Lipinski definition) is 3. The lowest BCUT2D eigenvalue weighted by atomic mass is 10.1. The fourth-order valence-corrected chi connectivity index (χ4v) is 3.95. The van der Waals surface area contributed by atoms with Crippen molar-refractivity contribution in [2.75, 3.05) is 12.3 Å². The van der Waals surface area contributed by atoms with E-state index in [-0.39, 0.29) is 11.3 Å². The summed E-state index contributed by atoms with van der Waals surface area (Å²) < 4.78 is 5.79. The predicted molar refractivity (Wildman–Crippen MR) is 94.6 cm³/mol. The summed E-state index contributed by atoms with van der Waals surface area (Å²) in [6.45, 7) is 4.67. The van der Waals surface area contributed by atoms with Crippen molar-refractivity contribution in [3.63, 3.8) is 0 Å². The van der Waals surface area contributed by atoms with E-state index in [2.05, 4.69) is 31.2 Å². The number of nitrogens with zero attached hydrogens (tertiary/aromatic N) is 1. The smallest absolute Gasteiger partial charge is 0.264 e. The molecule has 0 N–H and O–H groups in total. The summed E-state index contributed by atoms with van der Waals surface area (Å²) in [6, 6.07) is 17.9. The molecule has 0 bridgehead atoms. The second-order valence-corrected chi connectivity index (χ2v) is 6.93. The molecule has 1 saturated heterocycles. The molecular weight excluding hydrogens is 306 g/mol. The zero-order chi connectivity index (χ0) is 16.2. The predicted octanol–water partition coefficient (Wildman–Crippen LogP) is 4.04. The third-order valence-electron chi connectivity index (χ3n) is 3.94. The number of rotatable bonds is 4. The van der Waals surface area contributed by atoms with Crippen LogP contribution in [0.4, 0.5) is 0 Å². The number of benzene rings is 2. The second-order valence-electron chi connectivity index (χ2n) is 5.74. The molecule has 4 heteroatoms. The number of amides is 1. The first kappa shape index (κ1) is 15.9. The van der Waals surface area contributed by atoms with E-state index in [9.17, 15) is 4.79 Å². The van der Waals surface area contributed by atoms with Gasteiger partial charge in [0.1, 0.15) is 11.1 Å². The summed E-state index contributed by atoms with van der Waals surface area (Å²) in [5, 5.41) is 0.0879. The Morgan fingerprint density at radius 1 is 1.17 bits per heavy atom. The highest BCUT2D eigenvalue weighted by molar-refractivity contribution is 7.99. The van der Waals surface area contributed by atoms with E-state index in [1.54, 1.807) is 0 Å². The Balaban J connectivity index is 1.71. The van der Waals surface area contributed by atoms with Crippen LogP contribution in [-0.2, 0) is 4.79 Å². The maximum Gasteiger partial charge on any atom is 0.264 e. The normalized spacial score (nSPS) is 18.7. The molecule has 2 aromatic rings. The Hall–Kier alpha value is -1.94. The van der Waals surface area contributed by atoms with E-state index in [1.165, 1.54) is 11.1 Å². The van der Waals surface area contributed by atoms with Gasteiger partial charge in [0.25, 0.3) is 5.91 Å². The molecule has 2 atom stereocenters. The molecule has 120 valence electrons. The first-order valence-corrected chi connectivity index (χ1v) is 8.90. The second kappa shape index (κ2) is 7.09. The van der Waals surface area contributed by atoms with Crippen molar-refractivity contribution in [2.24, 2.45) is 0 Å². The standard InChI is InChI=1S/C19H21NO2S/c1-14-8-10-16(11-9-14)19-20(12-13-23-19)18(21)15(2)22-17-6-4-3-5-7-17/h3-11,15,19H,12-13H2,1-2H3. The highest BCUT2D eigenvalue weighted by Crippen LogP contribution is 2.38. The van der Waals surface area contributed by atoms with E-state index in [4.69, 9.17) is 4.74 Å². The van der Waals surface area contributed by atoms with Crippen LogP contribution in [0, 0.1) is 6.92 Å². The highest BCUT2D eigenvalue weighted by atomic mass is 32.2. The summed E-state index contributed by atoms with van der Waals surface area (Å²) in [5.74, 6) is 1.74. The van der Waals surface area contributed by atoms with Crippen molar-refractivity contribution in [1.82, 2.24) is 4.90 Å². The van der Waals surface area contributed by atoms with Gasteiger partial charge in [0.2, 0.25) is 0 Å². The number of carbonyl (C=O) groups excluding carboxylic acids is 1. The summed E-state index contributed by atoms with van der Waals surface area (Å²) in [4.78, 5) is 14.7. The first-order chi connectivity index (χ1) is 11.1. The Labute approximate surface area is 141 Å². The van der Waals surface area contributed by atoms with Crippen LogP contribution in [0.5, 0.6) is 5.75 Å². The molecule has 0 saturated carbocycles. The van der Waals surface area contributed by atoms with Gasteiger partial charge in [-0.25, -0.2) is 0 Å². The average Bonchev–Trinajstić information content (AvgIpc) is 3.05. The number of carbonyl (C=O) groups is 1. The number of aryl methyl sites for hydroxylation is 1. The molecular formula is C19H21NO2S. The minimum Gasteiger partial charge on any atom is -0.481 e. The monoisotopic (exact) mass is 327 g/mol. The molecule has 0 radical (unpaired) electrons. The van der Waals surface area contributed by atoms with Gasteiger partial charge in [-0.15, -0.1) is 11.8 Å². The van der Waals surface area contributed by atoms with Crippen LogP contribution in [0.3, 0.4) is 0 Å². The maximum atomic E-state index is 12.8. The lowest BCUT2D eigenvalue weighted by Crippen LogP contribution is -2.40. The Kier molecular flexibility index (Phi) is 4.91. The Morgan fingerprint density at radius 2 is 1.87 bits per heavy atom. The molecule has 1 amide bonds. The topological polar surface area (TPSA) is 29.5 Å². The van der Waals surface area contributed by atoms with Gasteiger partial charge >= 0.3 is 0 Å². The minimum atomic E-state index is -0.482. The quantitative estimate of drug-likeness (QED) is 0.849. The number of ether oxygens (including phenoxy) is 1. The van der Waals surface area contributed by atoms with Crippen molar-refractivity contribution in [1.29, 1.82) is 0 Å². The highest BCUT2D eigenvalue weighted by Gasteiger charge is 2.33. The van der Waals surface area contributed by atoms with Crippen LogP contribution in [0.15, 0.2) is 54.6 Å². The lowest BCUT2D eigenvalue weighted by Gasteiger charge is -2.27. The largest absolute Gasteiger partial charge is 0.481 e. The van der Waals surface area contributed by atoms with Gasteiger partial charge in [-0.3, -0.25) is 4.79 Å². The van der Waals surface area contributed by atoms with Gasteiger partial charge in [-0.05, 0) is 31.5 Å². The van der Waals surface area contributed by atoms with Gasteiger partial charge in [-0.2, -0.15) is 0 Å². The lowest BCUT2D eigenvalue weighted by molar-refractivity contribution is -0.138. The van der Waals surface area contributed by atoms with E-state index < -0.39 is 6.10 Å². The van der Waals surface area contributed by atoms with Crippen LogP contribution in [0.2, 0.25) is 0 Å². The molecule has 2 unspecified atom stereocenters. The molecule has 3 nitrogen and oxygen atoms in total. The number of hydrogen-bond donors (Lipinski definition) is 0. The molecule has 0 spiro atoms. The summed E-state index contributed by atoms with van der Waals surface area (Å²) >= 11 is 1.81. The molecule has 23 heavy (non-hydrogen) atoms. The van der Waals surface area contributed by atoms with Crippen molar-refractivity contribution in [3.8, 4) is 5.75 Å². The zero-order valence-electron chi connectivity index (χ0n) is 13.4. The van der Waals surface area contributed by atoms with Crippen molar-refractivity contribution in [3.05, 3.63) is 65.7 Å². The fraction of sp³-hybridized carbons (Fsp3) is 0.316. The minimum absolute atomic E-state index is 0.0458. The van der Waals surface area contributed by atoms with Crippen LogP contribution in [-0.4, -0.2) is 29.2 Å². The van der Waals surface area contributed by atoms with Gasteiger partial charge in [0.15, 0.2) is 6.10 Å². The summed E-state index contributed by atoms with van der Waals surface area (Å²) in [5.41, 5.74) is 2.41. The fourth-order valence-electron chi connectivity index (χ4n) is 2.69. The van der Waals surface area contributed by atoms with Crippen molar-refractivity contribution in [2.45, 2.75) is 25.3 Å². The average molecular weight is 327 g/mol. The van der Waals surface area contributed by atoms with Gasteiger partial charge in [0.05, 0.1) is 0 Å². The molecule has 0 aromatic heterocycles. The molecule has 1 aliphatic rings. The van der Waals surface area contributed by atoms with Crippen molar-refractivity contribution >= 4 is 17.7 Å². The molecule has 0 aliphatic carbocycles. The molecule has 1 heterocycles. The van der Waals surface area contributed by atoms with Crippen LogP contribution in [0.1, 0.15) is 23.4 Å². The van der Waals surface area contributed by atoms with Gasteiger partial charge in [-0.1, -0.05) is 48.0 Å².